The second-order valence-electron chi connectivity index (χ2n) is 7.97. The van der Waals surface area contributed by atoms with E-state index in [1.54, 1.807) is 17.0 Å². The molecule has 27 heavy (non-hydrogen) atoms. The molecule has 1 atom stereocenters. The average Bonchev–Trinajstić information content (AvgIpc) is 2.68. The van der Waals surface area contributed by atoms with Crippen molar-refractivity contribution >= 4 is 17.6 Å². The lowest BCUT2D eigenvalue weighted by Crippen LogP contribution is -2.49. The summed E-state index contributed by atoms with van der Waals surface area (Å²) < 4.78 is 13.7. The van der Waals surface area contributed by atoms with E-state index < -0.39 is 5.82 Å². The molecule has 0 aromatic heterocycles. The summed E-state index contributed by atoms with van der Waals surface area (Å²) in [4.78, 5) is 26.7. The van der Waals surface area contributed by atoms with Gasteiger partial charge in [0.05, 0.1) is 11.6 Å². The monoisotopic (exact) mass is 376 g/mol. The van der Waals surface area contributed by atoms with Crippen LogP contribution in [0.2, 0.25) is 0 Å². The Morgan fingerprint density at radius 2 is 2.04 bits per heavy atom. The Kier molecular flexibility index (Phi) is 6.31. The first-order valence-electron chi connectivity index (χ1n) is 9.76. The summed E-state index contributed by atoms with van der Waals surface area (Å²) in [5, 5.41) is 9.04. The SMILES string of the molecule is CC1(CNC(=O)C2CCCN(C(=O)Nc3ccccc3F)C2)CCNCC1. The predicted molar refractivity (Wildman–Crippen MR) is 103 cm³/mol. The molecular weight excluding hydrogens is 347 g/mol. The molecular formula is C20H29FN4O2. The van der Waals surface area contributed by atoms with Crippen LogP contribution in [0.3, 0.4) is 0 Å². The smallest absolute Gasteiger partial charge is 0.321 e. The van der Waals surface area contributed by atoms with Gasteiger partial charge in [0.25, 0.3) is 0 Å². The number of hydrogen-bond acceptors (Lipinski definition) is 3. The predicted octanol–water partition coefficient (Wildman–Crippen LogP) is 2.58. The van der Waals surface area contributed by atoms with Crippen LogP contribution in [-0.4, -0.2) is 49.6 Å². The summed E-state index contributed by atoms with van der Waals surface area (Å²) >= 11 is 0. The van der Waals surface area contributed by atoms with E-state index in [9.17, 15) is 14.0 Å². The van der Waals surface area contributed by atoms with Crippen LogP contribution in [0.5, 0.6) is 0 Å². The van der Waals surface area contributed by atoms with E-state index in [-0.39, 0.29) is 29.0 Å². The van der Waals surface area contributed by atoms with Crippen molar-refractivity contribution in [3.63, 3.8) is 0 Å². The van der Waals surface area contributed by atoms with Gasteiger partial charge >= 0.3 is 6.03 Å². The van der Waals surface area contributed by atoms with Crippen LogP contribution in [0, 0.1) is 17.2 Å². The number of nitrogens with one attached hydrogen (secondary N) is 3. The van der Waals surface area contributed by atoms with Crippen molar-refractivity contribution in [1.29, 1.82) is 0 Å². The van der Waals surface area contributed by atoms with Gasteiger partial charge in [-0.25, -0.2) is 9.18 Å². The first kappa shape index (κ1) is 19.6. The van der Waals surface area contributed by atoms with Gasteiger partial charge in [-0.3, -0.25) is 4.79 Å². The first-order valence-corrected chi connectivity index (χ1v) is 9.76. The number of piperidine rings is 2. The molecule has 0 saturated carbocycles. The number of halogens is 1. The molecule has 0 spiro atoms. The highest BCUT2D eigenvalue weighted by Gasteiger charge is 2.31. The molecule has 2 aliphatic heterocycles. The fourth-order valence-corrected chi connectivity index (χ4v) is 3.78. The maximum absolute atomic E-state index is 13.7. The first-order chi connectivity index (χ1) is 13.0. The molecule has 3 rings (SSSR count). The second kappa shape index (κ2) is 8.69. The summed E-state index contributed by atoms with van der Waals surface area (Å²) in [6.45, 7) is 5.80. The lowest BCUT2D eigenvalue weighted by molar-refractivity contribution is -0.126. The van der Waals surface area contributed by atoms with E-state index in [0.29, 0.717) is 19.6 Å². The Hall–Kier alpha value is -2.15. The van der Waals surface area contributed by atoms with Crippen LogP contribution in [0.25, 0.3) is 0 Å². The van der Waals surface area contributed by atoms with Crippen molar-refractivity contribution < 1.29 is 14.0 Å². The van der Waals surface area contributed by atoms with Crippen LogP contribution < -0.4 is 16.0 Å². The summed E-state index contributed by atoms with van der Waals surface area (Å²) in [6.07, 6.45) is 3.64. The minimum atomic E-state index is -0.465. The van der Waals surface area contributed by atoms with Crippen molar-refractivity contribution in [3.05, 3.63) is 30.1 Å². The van der Waals surface area contributed by atoms with Gasteiger partial charge in [-0.05, 0) is 56.3 Å². The number of para-hydroxylation sites is 1. The lowest BCUT2D eigenvalue weighted by atomic mass is 9.81. The topological polar surface area (TPSA) is 73.5 Å². The molecule has 2 heterocycles. The molecule has 148 valence electrons. The van der Waals surface area contributed by atoms with E-state index >= 15 is 0 Å². The van der Waals surface area contributed by atoms with Gasteiger partial charge in [0.2, 0.25) is 5.91 Å². The number of rotatable bonds is 4. The summed E-state index contributed by atoms with van der Waals surface area (Å²) in [7, 11) is 0. The van der Waals surface area contributed by atoms with E-state index in [1.165, 1.54) is 12.1 Å². The van der Waals surface area contributed by atoms with Crippen molar-refractivity contribution in [2.24, 2.45) is 11.3 Å². The van der Waals surface area contributed by atoms with Gasteiger partial charge in [0.1, 0.15) is 5.82 Å². The minimum absolute atomic E-state index is 0.0122. The molecule has 7 heteroatoms. The molecule has 0 bridgehead atoms. The Morgan fingerprint density at radius 3 is 2.78 bits per heavy atom. The van der Waals surface area contributed by atoms with Crippen LogP contribution in [0.4, 0.5) is 14.9 Å². The number of anilines is 1. The van der Waals surface area contributed by atoms with Crippen LogP contribution >= 0.6 is 0 Å². The summed E-state index contributed by atoms with van der Waals surface area (Å²) in [6, 6.07) is 5.73. The number of carbonyl (C=O) groups excluding carboxylic acids is 2. The van der Waals surface area contributed by atoms with Crippen LogP contribution in [0.1, 0.15) is 32.6 Å². The molecule has 0 aliphatic carbocycles. The second-order valence-corrected chi connectivity index (χ2v) is 7.97. The summed E-state index contributed by atoms with van der Waals surface area (Å²) in [5.74, 6) is -0.666. The van der Waals surface area contributed by atoms with Gasteiger partial charge in [-0.2, -0.15) is 0 Å². The minimum Gasteiger partial charge on any atom is -0.355 e. The normalized spacial score (nSPS) is 22.1. The quantitative estimate of drug-likeness (QED) is 0.756. The van der Waals surface area contributed by atoms with Gasteiger partial charge in [-0.15, -0.1) is 0 Å². The van der Waals surface area contributed by atoms with Crippen LogP contribution in [0.15, 0.2) is 24.3 Å². The third kappa shape index (κ3) is 5.19. The van der Waals surface area contributed by atoms with Crippen molar-refractivity contribution in [2.75, 3.05) is 38.0 Å². The van der Waals surface area contributed by atoms with Crippen molar-refractivity contribution in [2.45, 2.75) is 32.6 Å². The molecule has 1 aromatic carbocycles. The summed E-state index contributed by atoms with van der Waals surface area (Å²) in [5.41, 5.74) is 0.296. The zero-order valence-corrected chi connectivity index (χ0v) is 15.9. The highest BCUT2D eigenvalue weighted by Crippen LogP contribution is 2.27. The Labute approximate surface area is 159 Å². The maximum Gasteiger partial charge on any atom is 0.321 e. The highest BCUT2D eigenvalue weighted by atomic mass is 19.1. The third-order valence-electron chi connectivity index (χ3n) is 5.69. The number of carbonyl (C=O) groups is 2. The van der Waals surface area contributed by atoms with Gasteiger partial charge < -0.3 is 20.9 Å². The third-order valence-corrected chi connectivity index (χ3v) is 5.69. The van der Waals surface area contributed by atoms with E-state index in [4.69, 9.17) is 0 Å². The number of urea groups is 1. The lowest BCUT2D eigenvalue weighted by Gasteiger charge is -2.36. The molecule has 1 unspecified atom stereocenters. The molecule has 3 N–H and O–H groups in total. The molecule has 1 aromatic rings. The number of amides is 3. The number of nitrogens with zero attached hydrogens (tertiary/aromatic N) is 1. The molecule has 3 amide bonds. The fraction of sp³-hybridized carbons (Fsp3) is 0.600. The molecule has 2 aliphatic rings. The fourth-order valence-electron chi connectivity index (χ4n) is 3.78. The highest BCUT2D eigenvalue weighted by molar-refractivity contribution is 5.90. The standard InChI is InChI=1S/C20H29FN4O2/c1-20(8-10-22-11-9-20)14-23-18(26)15-5-4-12-25(13-15)19(27)24-17-7-3-2-6-16(17)21/h2-3,6-7,15,22H,4-5,8-14H2,1H3,(H,23,26)(H,24,27). The zero-order chi connectivity index (χ0) is 19.3. The maximum atomic E-state index is 13.7. The van der Waals surface area contributed by atoms with Crippen molar-refractivity contribution in [3.8, 4) is 0 Å². The molecule has 2 saturated heterocycles. The van der Waals surface area contributed by atoms with Gasteiger partial charge in [-0.1, -0.05) is 19.1 Å². The molecule has 6 nitrogen and oxygen atoms in total. The van der Waals surface area contributed by atoms with Crippen molar-refractivity contribution in [1.82, 2.24) is 15.5 Å². The number of benzene rings is 1. The van der Waals surface area contributed by atoms with Crippen LogP contribution in [-0.2, 0) is 4.79 Å². The Morgan fingerprint density at radius 1 is 1.30 bits per heavy atom. The van der Waals surface area contributed by atoms with Gasteiger partial charge in [0.15, 0.2) is 0 Å². The molecule has 0 radical (unpaired) electrons. The number of likely N-dealkylation sites (tertiary alicyclic amines) is 1. The average molecular weight is 376 g/mol. The zero-order valence-electron chi connectivity index (χ0n) is 15.9. The van der Waals surface area contributed by atoms with Gasteiger partial charge in [0, 0.05) is 19.6 Å². The van der Waals surface area contributed by atoms with E-state index in [1.807, 2.05) is 0 Å². The van der Waals surface area contributed by atoms with E-state index in [2.05, 4.69) is 22.9 Å². The number of hydrogen-bond donors (Lipinski definition) is 3. The Balaban J connectivity index is 1.51. The van der Waals surface area contributed by atoms with E-state index in [0.717, 1.165) is 38.8 Å². The molecule has 2 fully saturated rings. The Bertz CT molecular complexity index is 676. The largest absolute Gasteiger partial charge is 0.355 e.